The normalized spacial score (nSPS) is 18.2. The molecule has 2 aliphatic heterocycles. The van der Waals surface area contributed by atoms with Crippen molar-refractivity contribution in [3.8, 4) is 0 Å². The Morgan fingerprint density at radius 3 is 2.63 bits per heavy atom. The molecular weight excluding hydrogens is 412 g/mol. The first-order chi connectivity index (χ1) is 14.0. The van der Waals surface area contributed by atoms with Crippen molar-refractivity contribution in [1.29, 1.82) is 0 Å². The Morgan fingerprint density at radius 2 is 1.87 bits per heavy atom. The monoisotopic (exact) mass is 435 g/mol. The van der Waals surface area contributed by atoms with Crippen molar-refractivity contribution in [1.82, 2.24) is 10.2 Å². The molecule has 2 aromatic rings. The number of nitrogens with one attached hydrogen (secondary N) is 2. The van der Waals surface area contributed by atoms with Gasteiger partial charge in [0.15, 0.2) is 0 Å². The van der Waals surface area contributed by atoms with E-state index in [1.54, 1.807) is 11.0 Å². The van der Waals surface area contributed by atoms with Crippen LogP contribution in [0.1, 0.15) is 34.3 Å². The van der Waals surface area contributed by atoms with Gasteiger partial charge in [0.1, 0.15) is 11.6 Å². The van der Waals surface area contributed by atoms with Gasteiger partial charge < -0.3 is 15.5 Å². The van der Waals surface area contributed by atoms with Crippen molar-refractivity contribution in [2.45, 2.75) is 25.8 Å². The van der Waals surface area contributed by atoms with E-state index in [0.717, 1.165) is 5.56 Å². The Labute approximate surface area is 180 Å². The maximum absolute atomic E-state index is 14.8. The molecule has 2 heterocycles. The zero-order valence-electron chi connectivity index (χ0n) is 16.4. The molecule has 160 valence electrons. The van der Waals surface area contributed by atoms with E-state index in [4.69, 9.17) is 0 Å². The molecule has 0 bridgehead atoms. The lowest BCUT2D eigenvalue weighted by atomic mass is 9.95. The van der Waals surface area contributed by atoms with Gasteiger partial charge >= 0.3 is 0 Å². The third kappa shape index (κ3) is 4.63. The Hall–Kier alpha value is -2.51. The van der Waals surface area contributed by atoms with Crippen molar-refractivity contribution in [2.24, 2.45) is 5.92 Å². The van der Waals surface area contributed by atoms with E-state index < -0.39 is 11.7 Å². The number of fused-ring (bicyclic) bond motifs is 1. The number of likely N-dealkylation sites (tertiary alicyclic amines) is 1. The number of nitrogens with zero attached hydrogens (tertiary/aromatic N) is 1. The Bertz CT molecular complexity index is 937. The lowest BCUT2D eigenvalue weighted by molar-refractivity contribution is -0.121. The number of carbonyl (C=O) groups excluding carboxylic acids is 2. The fourth-order valence-electron chi connectivity index (χ4n) is 4.02. The molecule has 8 heteroatoms. The second-order valence-corrected chi connectivity index (χ2v) is 7.58. The first-order valence-corrected chi connectivity index (χ1v) is 9.89. The number of halogens is 3. The van der Waals surface area contributed by atoms with Gasteiger partial charge in [-0.25, -0.2) is 8.78 Å². The maximum atomic E-state index is 14.8. The predicted octanol–water partition coefficient (Wildman–Crippen LogP) is 3.52. The minimum absolute atomic E-state index is 0. The zero-order chi connectivity index (χ0) is 20.4. The smallest absolute Gasteiger partial charge is 0.253 e. The second-order valence-electron chi connectivity index (χ2n) is 7.58. The molecule has 0 aromatic heterocycles. The maximum Gasteiger partial charge on any atom is 0.253 e. The summed E-state index contributed by atoms with van der Waals surface area (Å²) in [5, 5.41) is 5.91. The van der Waals surface area contributed by atoms with Gasteiger partial charge in [-0.05, 0) is 67.3 Å². The Morgan fingerprint density at radius 1 is 1.10 bits per heavy atom. The van der Waals surface area contributed by atoms with E-state index >= 15 is 0 Å². The average molecular weight is 436 g/mol. The summed E-state index contributed by atoms with van der Waals surface area (Å²) in [7, 11) is 0. The molecule has 1 unspecified atom stereocenters. The van der Waals surface area contributed by atoms with Crippen LogP contribution in [-0.4, -0.2) is 36.3 Å². The Balaban J connectivity index is 0.00000256. The van der Waals surface area contributed by atoms with Crippen molar-refractivity contribution in [3.05, 3.63) is 64.7 Å². The molecule has 0 spiro atoms. The molecule has 2 aliphatic rings. The van der Waals surface area contributed by atoms with Crippen LogP contribution in [0.15, 0.2) is 36.4 Å². The molecule has 2 aromatic carbocycles. The highest BCUT2D eigenvalue weighted by Gasteiger charge is 2.29. The van der Waals surface area contributed by atoms with Crippen LogP contribution in [0, 0.1) is 17.6 Å². The molecule has 0 saturated carbocycles. The van der Waals surface area contributed by atoms with Gasteiger partial charge in [-0.1, -0.05) is 6.07 Å². The standard InChI is InChI=1S/C22H23F2N3O2.ClH/c23-17-6-3-14(4-7-17)22(29)27-11-1-2-16(13-27)21(28)26-19-8-5-15-12-25-10-9-18(15)20(19)24;/h3-8,16,25H,1-2,9-13H2,(H,26,28);1H. The van der Waals surface area contributed by atoms with Gasteiger partial charge in [-0.3, -0.25) is 9.59 Å². The summed E-state index contributed by atoms with van der Waals surface area (Å²) in [4.78, 5) is 27.0. The topological polar surface area (TPSA) is 61.4 Å². The number of benzene rings is 2. The van der Waals surface area contributed by atoms with E-state index in [2.05, 4.69) is 10.6 Å². The van der Waals surface area contributed by atoms with Gasteiger partial charge in [-0.2, -0.15) is 0 Å². The van der Waals surface area contributed by atoms with Gasteiger partial charge in [-0.15, -0.1) is 12.4 Å². The van der Waals surface area contributed by atoms with Gasteiger partial charge in [0, 0.05) is 25.2 Å². The summed E-state index contributed by atoms with van der Waals surface area (Å²) >= 11 is 0. The quantitative estimate of drug-likeness (QED) is 0.775. The van der Waals surface area contributed by atoms with E-state index in [9.17, 15) is 18.4 Å². The molecule has 1 atom stereocenters. The summed E-state index contributed by atoms with van der Waals surface area (Å²) in [6.07, 6.45) is 1.91. The molecule has 2 amide bonds. The zero-order valence-corrected chi connectivity index (χ0v) is 17.2. The fraction of sp³-hybridized carbons (Fsp3) is 0.364. The van der Waals surface area contributed by atoms with Crippen molar-refractivity contribution < 1.29 is 18.4 Å². The molecule has 0 aliphatic carbocycles. The molecule has 1 fully saturated rings. The number of hydrogen-bond donors (Lipinski definition) is 2. The number of carbonyl (C=O) groups is 2. The summed E-state index contributed by atoms with van der Waals surface area (Å²) < 4.78 is 27.9. The average Bonchev–Trinajstić information content (AvgIpc) is 2.76. The van der Waals surface area contributed by atoms with Crippen LogP contribution in [0.3, 0.4) is 0 Å². The predicted molar refractivity (Wildman–Crippen MR) is 113 cm³/mol. The number of anilines is 1. The third-order valence-corrected chi connectivity index (χ3v) is 5.64. The van der Waals surface area contributed by atoms with Gasteiger partial charge in [0.2, 0.25) is 5.91 Å². The first kappa shape index (κ1) is 22.2. The number of piperidine rings is 1. The highest BCUT2D eigenvalue weighted by Crippen LogP contribution is 2.26. The molecular formula is C22H24ClF2N3O2. The van der Waals surface area contributed by atoms with E-state index in [1.807, 2.05) is 6.07 Å². The third-order valence-electron chi connectivity index (χ3n) is 5.64. The first-order valence-electron chi connectivity index (χ1n) is 9.89. The van der Waals surface area contributed by atoms with Crippen LogP contribution in [-0.2, 0) is 17.8 Å². The molecule has 5 nitrogen and oxygen atoms in total. The largest absolute Gasteiger partial charge is 0.338 e. The van der Waals surface area contributed by atoms with Crippen LogP contribution in [0.4, 0.5) is 14.5 Å². The number of amides is 2. The van der Waals surface area contributed by atoms with Crippen LogP contribution < -0.4 is 10.6 Å². The van der Waals surface area contributed by atoms with Crippen molar-refractivity contribution in [3.63, 3.8) is 0 Å². The van der Waals surface area contributed by atoms with E-state index in [-0.39, 0.29) is 42.3 Å². The van der Waals surface area contributed by atoms with Crippen LogP contribution in [0.25, 0.3) is 0 Å². The second kappa shape index (κ2) is 9.53. The van der Waals surface area contributed by atoms with Crippen LogP contribution in [0.2, 0.25) is 0 Å². The molecule has 0 radical (unpaired) electrons. The van der Waals surface area contributed by atoms with Gasteiger partial charge in [0.25, 0.3) is 5.91 Å². The van der Waals surface area contributed by atoms with Crippen molar-refractivity contribution >= 4 is 29.9 Å². The SMILES string of the molecule is Cl.O=C(Nc1ccc2c(c1F)CCNC2)C1CCCN(C(=O)c2ccc(F)cc2)C1. The molecule has 4 rings (SSSR count). The fourth-order valence-corrected chi connectivity index (χ4v) is 4.02. The minimum atomic E-state index is -0.412. The Kier molecular flexibility index (Phi) is 7.05. The lowest BCUT2D eigenvalue weighted by Gasteiger charge is -2.32. The van der Waals surface area contributed by atoms with Crippen LogP contribution in [0.5, 0.6) is 0 Å². The number of rotatable bonds is 3. The summed E-state index contributed by atoms with van der Waals surface area (Å²) in [5.41, 5.74) is 2.15. The summed E-state index contributed by atoms with van der Waals surface area (Å²) in [6, 6.07) is 8.82. The lowest BCUT2D eigenvalue weighted by Crippen LogP contribution is -2.43. The highest BCUT2D eigenvalue weighted by atomic mass is 35.5. The van der Waals surface area contributed by atoms with Crippen LogP contribution >= 0.6 is 12.4 Å². The molecule has 1 saturated heterocycles. The highest BCUT2D eigenvalue weighted by molar-refractivity contribution is 5.96. The van der Waals surface area contributed by atoms with Crippen molar-refractivity contribution in [2.75, 3.05) is 25.0 Å². The van der Waals surface area contributed by atoms with E-state index in [1.165, 1.54) is 24.3 Å². The summed E-state index contributed by atoms with van der Waals surface area (Å²) in [5.74, 6) is -1.69. The number of hydrogen-bond acceptors (Lipinski definition) is 3. The van der Waals surface area contributed by atoms with E-state index in [0.29, 0.717) is 50.0 Å². The van der Waals surface area contributed by atoms with Gasteiger partial charge in [0.05, 0.1) is 11.6 Å². The molecule has 30 heavy (non-hydrogen) atoms. The molecule has 2 N–H and O–H groups in total. The minimum Gasteiger partial charge on any atom is -0.338 e. The summed E-state index contributed by atoms with van der Waals surface area (Å²) in [6.45, 7) is 2.15.